The van der Waals surface area contributed by atoms with Crippen molar-refractivity contribution in [2.45, 2.75) is 53.5 Å². The van der Waals surface area contributed by atoms with E-state index in [-0.39, 0.29) is 17.0 Å². The van der Waals surface area contributed by atoms with Gasteiger partial charge in [-0.2, -0.15) is 0 Å². The fourth-order valence-corrected chi connectivity index (χ4v) is 5.98. The zero-order valence-corrected chi connectivity index (χ0v) is 23.9. The van der Waals surface area contributed by atoms with E-state index in [1.807, 2.05) is 44.2 Å². The normalized spacial score (nSPS) is 17.6. The molecule has 200 valence electrons. The molecule has 0 bridgehead atoms. The first kappa shape index (κ1) is 27.5. The number of carbonyl (C=O) groups is 3. The summed E-state index contributed by atoms with van der Waals surface area (Å²) in [6.45, 7) is 13.0. The predicted octanol–water partition coefficient (Wildman–Crippen LogP) is 6.40. The predicted molar refractivity (Wildman–Crippen MR) is 156 cm³/mol. The number of allylic oxidation sites excluding steroid dienone is 1. The van der Waals surface area contributed by atoms with E-state index in [1.165, 1.54) is 0 Å². The van der Waals surface area contributed by atoms with E-state index in [0.29, 0.717) is 17.0 Å². The Morgan fingerprint density at radius 2 is 1.82 bits per heavy atom. The molecule has 38 heavy (non-hydrogen) atoms. The molecule has 2 aromatic carbocycles. The number of methoxy groups -OCH3 is 1. The number of para-hydroxylation sites is 1. The van der Waals surface area contributed by atoms with Gasteiger partial charge in [-0.15, -0.1) is 0 Å². The lowest BCUT2D eigenvalue weighted by Crippen LogP contribution is -2.45. The van der Waals surface area contributed by atoms with Crippen LogP contribution >= 0.6 is 11.8 Å². The molecule has 4 rings (SSSR count). The molecule has 1 fully saturated rings. The summed E-state index contributed by atoms with van der Waals surface area (Å²) in [6.07, 6.45) is 4.94. The molecule has 2 aliphatic heterocycles. The number of thioether (sulfide) groups is 1. The van der Waals surface area contributed by atoms with E-state index in [0.717, 1.165) is 57.6 Å². The third kappa shape index (κ3) is 5.23. The van der Waals surface area contributed by atoms with Gasteiger partial charge in [-0.25, -0.2) is 0 Å². The highest BCUT2D eigenvalue weighted by molar-refractivity contribution is 8.18. The van der Waals surface area contributed by atoms with Crippen LogP contribution < -0.4 is 15.0 Å². The van der Waals surface area contributed by atoms with Gasteiger partial charge in [-0.3, -0.25) is 19.3 Å². The van der Waals surface area contributed by atoms with E-state index in [9.17, 15) is 14.4 Å². The summed E-state index contributed by atoms with van der Waals surface area (Å²) in [5.74, 6) is -0.288. The van der Waals surface area contributed by atoms with Crippen LogP contribution in [0.2, 0.25) is 0 Å². The van der Waals surface area contributed by atoms with Crippen molar-refractivity contribution in [3.63, 3.8) is 0 Å². The van der Waals surface area contributed by atoms with Crippen molar-refractivity contribution in [2.24, 2.45) is 0 Å². The highest BCUT2D eigenvalue weighted by Crippen LogP contribution is 2.43. The van der Waals surface area contributed by atoms with Crippen LogP contribution in [0, 0.1) is 13.8 Å². The van der Waals surface area contributed by atoms with Crippen LogP contribution in [0.5, 0.6) is 5.75 Å². The Bertz CT molecular complexity index is 1360. The Morgan fingerprint density at radius 3 is 2.45 bits per heavy atom. The van der Waals surface area contributed by atoms with Gasteiger partial charge in [0.25, 0.3) is 11.1 Å². The van der Waals surface area contributed by atoms with Crippen molar-refractivity contribution in [1.82, 2.24) is 4.90 Å². The van der Waals surface area contributed by atoms with Crippen molar-refractivity contribution in [2.75, 3.05) is 30.4 Å². The van der Waals surface area contributed by atoms with E-state index < -0.39 is 17.1 Å². The molecule has 1 N–H and O–H groups in total. The molecule has 0 saturated carbocycles. The van der Waals surface area contributed by atoms with Gasteiger partial charge in [0.2, 0.25) is 5.91 Å². The number of hydrogen-bond acceptors (Lipinski definition) is 6. The van der Waals surface area contributed by atoms with Crippen LogP contribution in [0.1, 0.15) is 56.4 Å². The number of nitrogens with one attached hydrogen (secondary N) is 1. The lowest BCUT2D eigenvalue weighted by Gasteiger charge is -2.43. The van der Waals surface area contributed by atoms with Crippen LogP contribution in [-0.2, 0) is 9.59 Å². The summed E-state index contributed by atoms with van der Waals surface area (Å²) in [7, 11) is 1.60. The zero-order valence-electron chi connectivity index (χ0n) is 23.1. The van der Waals surface area contributed by atoms with Gasteiger partial charge in [-0.05, 0) is 81.6 Å². The summed E-state index contributed by atoms with van der Waals surface area (Å²) >= 11 is 0.835. The molecule has 2 heterocycles. The molecule has 1 saturated heterocycles. The largest absolute Gasteiger partial charge is 0.496 e. The standard InChI is InChI=1S/C30H35N3O4S/c1-8-12-33-23-15-24(37-7)21(13-22(23)20(4)16-30(33,5)6)14-25-28(35)32(29(36)38-25)17-26(34)31-27-18(2)10-9-11-19(27)3/h9-11,13-16H,8,12,17H2,1-7H3,(H,31,34)/b25-14+. The molecule has 0 radical (unpaired) electrons. The number of amides is 3. The van der Waals surface area contributed by atoms with E-state index in [4.69, 9.17) is 4.74 Å². The van der Waals surface area contributed by atoms with Gasteiger partial charge >= 0.3 is 0 Å². The van der Waals surface area contributed by atoms with E-state index >= 15 is 0 Å². The average Bonchev–Trinajstić information content (AvgIpc) is 3.11. The minimum Gasteiger partial charge on any atom is -0.496 e. The Balaban J connectivity index is 1.61. The number of aryl methyl sites for hydroxylation is 2. The molecule has 0 unspecified atom stereocenters. The van der Waals surface area contributed by atoms with Crippen molar-refractivity contribution >= 4 is 51.8 Å². The van der Waals surface area contributed by atoms with Gasteiger partial charge in [0, 0.05) is 35.1 Å². The molecule has 0 atom stereocenters. The first-order chi connectivity index (χ1) is 18.0. The highest BCUT2D eigenvalue weighted by atomic mass is 32.2. The minimum absolute atomic E-state index is 0.139. The highest BCUT2D eigenvalue weighted by Gasteiger charge is 2.37. The first-order valence-corrected chi connectivity index (χ1v) is 13.6. The maximum Gasteiger partial charge on any atom is 0.294 e. The number of nitrogens with zero attached hydrogens (tertiary/aromatic N) is 2. The summed E-state index contributed by atoms with van der Waals surface area (Å²) in [4.78, 5) is 42.3. The van der Waals surface area contributed by atoms with Crippen LogP contribution in [0.4, 0.5) is 16.2 Å². The van der Waals surface area contributed by atoms with Gasteiger partial charge in [0.15, 0.2) is 0 Å². The summed E-state index contributed by atoms with van der Waals surface area (Å²) in [5.41, 5.74) is 6.39. The second-order valence-electron chi connectivity index (χ2n) is 10.3. The average molecular weight is 534 g/mol. The van der Waals surface area contributed by atoms with Crippen molar-refractivity contribution in [3.05, 3.63) is 63.6 Å². The molecular formula is C30H35N3O4S. The fourth-order valence-electron chi connectivity index (χ4n) is 5.15. The molecule has 0 aliphatic carbocycles. The van der Waals surface area contributed by atoms with Gasteiger partial charge in [-0.1, -0.05) is 31.2 Å². The number of anilines is 2. The maximum absolute atomic E-state index is 13.2. The molecule has 3 amide bonds. The van der Waals surface area contributed by atoms with Gasteiger partial charge in [0.05, 0.1) is 17.6 Å². The second kappa shape index (κ2) is 10.7. The second-order valence-corrected chi connectivity index (χ2v) is 11.3. The lowest BCUT2D eigenvalue weighted by molar-refractivity contribution is -0.127. The minimum atomic E-state index is -0.488. The number of imide groups is 1. The molecular weight excluding hydrogens is 498 g/mol. The van der Waals surface area contributed by atoms with Crippen molar-refractivity contribution < 1.29 is 19.1 Å². The molecule has 0 aromatic heterocycles. The monoisotopic (exact) mass is 533 g/mol. The zero-order chi connectivity index (χ0) is 27.8. The quantitative estimate of drug-likeness (QED) is 0.415. The number of benzene rings is 2. The number of rotatable bonds is 7. The van der Waals surface area contributed by atoms with Gasteiger partial charge < -0.3 is 15.0 Å². The summed E-state index contributed by atoms with van der Waals surface area (Å²) in [6, 6.07) is 9.74. The molecule has 2 aromatic rings. The van der Waals surface area contributed by atoms with E-state index in [2.05, 4.69) is 44.0 Å². The molecule has 7 nitrogen and oxygen atoms in total. The Hall–Kier alpha value is -3.52. The Kier molecular flexibility index (Phi) is 7.74. The van der Waals surface area contributed by atoms with Crippen LogP contribution in [0.3, 0.4) is 0 Å². The Labute approximate surface area is 228 Å². The van der Waals surface area contributed by atoms with E-state index in [1.54, 1.807) is 13.2 Å². The molecule has 8 heteroatoms. The van der Waals surface area contributed by atoms with Crippen molar-refractivity contribution in [3.8, 4) is 5.75 Å². The van der Waals surface area contributed by atoms with Gasteiger partial charge in [0.1, 0.15) is 12.3 Å². The number of carbonyl (C=O) groups excluding carboxylic acids is 3. The van der Waals surface area contributed by atoms with Crippen molar-refractivity contribution in [1.29, 1.82) is 0 Å². The third-order valence-corrected chi connectivity index (χ3v) is 7.89. The summed E-state index contributed by atoms with van der Waals surface area (Å²) in [5, 5.41) is 2.37. The molecule has 0 spiro atoms. The SMILES string of the molecule is CCCN1c2cc(OC)c(/C=C3/SC(=O)N(CC(=O)Nc4c(C)cccc4C)C3=O)cc2C(C)=CC1(C)C. The lowest BCUT2D eigenvalue weighted by atomic mass is 9.87. The maximum atomic E-state index is 13.2. The van der Waals surface area contributed by atoms with Crippen LogP contribution in [0.15, 0.2) is 41.3 Å². The summed E-state index contributed by atoms with van der Waals surface area (Å²) < 4.78 is 5.72. The fraction of sp³-hybridized carbons (Fsp3) is 0.367. The molecule has 2 aliphatic rings. The smallest absolute Gasteiger partial charge is 0.294 e. The van der Waals surface area contributed by atoms with Crippen LogP contribution in [0.25, 0.3) is 11.6 Å². The number of fused-ring (bicyclic) bond motifs is 1. The number of hydrogen-bond donors (Lipinski definition) is 1. The number of ether oxygens (including phenoxy) is 1. The third-order valence-electron chi connectivity index (χ3n) is 6.98. The first-order valence-electron chi connectivity index (χ1n) is 12.8. The Morgan fingerprint density at radius 1 is 1.13 bits per heavy atom. The topological polar surface area (TPSA) is 79.0 Å². The van der Waals surface area contributed by atoms with Crippen LogP contribution in [-0.4, -0.2) is 47.7 Å².